The lowest BCUT2D eigenvalue weighted by Gasteiger charge is -2.39. The van der Waals surface area contributed by atoms with Gasteiger partial charge in [-0.15, -0.1) is 11.3 Å². The van der Waals surface area contributed by atoms with Crippen molar-refractivity contribution in [2.24, 2.45) is 0 Å². The van der Waals surface area contributed by atoms with E-state index in [2.05, 4.69) is 66.1 Å². The lowest BCUT2D eigenvalue weighted by molar-refractivity contribution is 0.0439. The third kappa shape index (κ3) is 3.54. The minimum atomic E-state index is 0.641. The molecular formula is C18H24N2S. The molecule has 3 heteroatoms. The third-order valence-corrected chi connectivity index (χ3v) is 5.33. The third-order valence-electron chi connectivity index (χ3n) is 4.39. The van der Waals surface area contributed by atoms with Crippen LogP contribution >= 0.6 is 11.3 Å². The van der Waals surface area contributed by atoms with E-state index in [1.165, 1.54) is 35.3 Å². The molecule has 1 fully saturated rings. The first-order chi connectivity index (χ1) is 10.2. The van der Waals surface area contributed by atoms with Gasteiger partial charge in [0.05, 0.1) is 0 Å². The second kappa shape index (κ2) is 6.73. The summed E-state index contributed by atoms with van der Waals surface area (Å²) < 4.78 is 0. The highest BCUT2D eigenvalue weighted by Crippen LogP contribution is 2.26. The summed E-state index contributed by atoms with van der Waals surface area (Å²) >= 11 is 1.85. The van der Waals surface area contributed by atoms with Gasteiger partial charge < -0.3 is 0 Å². The number of thiophene rings is 1. The van der Waals surface area contributed by atoms with Gasteiger partial charge in [0.25, 0.3) is 0 Å². The van der Waals surface area contributed by atoms with Crippen LogP contribution < -0.4 is 5.43 Å². The van der Waals surface area contributed by atoms with Gasteiger partial charge in [-0.25, -0.2) is 10.4 Å². The molecule has 1 aromatic carbocycles. The number of hydrogen-bond donors (Lipinski definition) is 1. The monoisotopic (exact) mass is 300 g/mol. The summed E-state index contributed by atoms with van der Waals surface area (Å²) in [5.74, 6) is 0. The molecule has 2 aromatic rings. The SMILES string of the molecule is CC1CCCC(C)N1NCc1cc(-c2ccccc2)cs1. The molecule has 1 aliphatic heterocycles. The fraction of sp³-hybridized carbons (Fsp3) is 0.444. The highest BCUT2D eigenvalue weighted by Gasteiger charge is 2.24. The number of hydrazine groups is 1. The summed E-state index contributed by atoms with van der Waals surface area (Å²) in [6, 6.07) is 14.2. The Hall–Kier alpha value is -1.16. The van der Waals surface area contributed by atoms with E-state index in [1.807, 2.05) is 11.3 Å². The van der Waals surface area contributed by atoms with Gasteiger partial charge in [0.2, 0.25) is 0 Å². The van der Waals surface area contributed by atoms with Gasteiger partial charge in [0, 0.05) is 23.5 Å². The van der Waals surface area contributed by atoms with Crippen molar-refractivity contribution in [1.82, 2.24) is 10.4 Å². The Kier molecular flexibility index (Phi) is 4.73. The predicted molar refractivity (Wildman–Crippen MR) is 91.2 cm³/mol. The fourth-order valence-corrected chi connectivity index (χ4v) is 3.98. The van der Waals surface area contributed by atoms with Gasteiger partial charge >= 0.3 is 0 Å². The number of rotatable bonds is 4. The zero-order valence-electron chi connectivity index (χ0n) is 12.9. The molecule has 1 saturated heterocycles. The Morgan fingerprint density at radius 2 is 1.81 bits per heavy atom. The molecule has 1 N–H and O–H groups in total. The van der Waals surface area contributed by atoms with Crippen LogP contribution in [0.5, 0.6) is 0 Å². The number of hydrogen-bond acceptors (Lipinski definition) is 3. The number of piperidine rings is 1. The van der Waals surface area contributed by atoms with Crippen LogP contribution in [0.1, 0.15) is 38.0 Å². The predicted octanol–water partition coefficient (Wildman–Crippen LogP) is 4.68. The summed E-state index contributed by atoms with van der Waals surface area (Å²) in [6.45, 7) is 5.59. The summed E-state index contributed by atoms with van der Waals surface area (Å²) in [5, 5.41) is 4.71. The van der Waals surface area contributed by atoms with E-state index in [0.717, 1.165) is 6.54 Å². The van der Waals surface area contributed by atoms with Crippen LogP contribution in [0.2, 0.25) is 0 Å². The molecule has 0 aliphatic carbocycles. The molecule has 21 heavy (non-hydrogen) atoms. The number of nitrogens with zero attached hydrogens (tertiary/aromatic N) is 1. The highest BCUT2D eigenvalue weighted by molar-refractivity contribution is 7.10. The quantitative estimate of drug-likeness (QED) is 0.881. The highest BCUT2D eigenvalue weighted by atomic mass is 32.1. The normalized spacial score (nSPS) is 23.3. The van der Waals surface area contributed by atoms with E-state index in [9.17, 15) is 0 Å². The van der Waals surface area contributed by atoms with Gasteiger partial charge in [-0.1, -0.05) is 36.8 Å². The molecule has 2 unspecified atom stereocenters. The van der Waals surface area contributed by atoms with Crippen LogP contribution in [-0.4, -0.2) is 17.1 Å². The second-order valence-corrected chi connectivity index (χ2v) is 7.03. The average Bonchev–Trinajstić information content (AvgIpc) is 2.97. The summed E-state index contributed by atoms with van der Waals surface area (Å²) in [5.41, 5.74) is 6.28. The van der Waals surface area contributed by atoms with Crippen molar-refractivity contribution in [2.45, 2.75) is 51.7 Å². The minimum Gasteiger partial charge on any atom is -0.249 e. The van der Waals surface area contributed by atoms with Crippen molar-refractivity contribution >= 4 is 11.3 Å². The minimum absolute atomic E-state index is 0.641. The van der Waals surface area contributed by atoms with Crippen molar-refractivity contribution in [2.75, 3.05) is 0 Å². The molecule has 3 rings (SSSR count). The molecule has 1 aromatic heterocycles. The lowest BCUT2D eigenvalue weighted by atomic mass is 10.00. The maximum Gasteiger partial charge on any atom is 0.0447 e. The molecule has 0 saturated carbocycles. The summed E-state index contributed by atoms with van der Waals surface area (Å²) in [6.07, 6.45) is 3.96. The zero-order chi connectivity index (χ0) is 14.7. The van der Waals surface area contributed by atoms with Gasteiger partial charge in [0.1, 0.15) is 0 Å². The van der Waals surface area contributed by atoms with Crippen LogP contribution in [0.15, 0.2) is 41.8 Å². The van der Waals surface area contributed by atoms with Crippen molar-refractivity contribution in [3.63, 3.8) is 0 Å². The molecule has 0 spiro atoms. The first-order valence-electron chi connectivity index (χ1n) is 7.88. The van der Waals surface area contributed by atoms with E-state index in [-0.39, 0.29) is 0 Å². The zero-order valence-corrected chi connectivity index (χ0v) is 13.7. The molecule has 0 radical (unpaired) electrons. The molecule has 2 nitrogen and oxygen atoms in total. The first-order valence-corrected chi connectivity index (χ1v) is 8.76. The molecule has 1 aliphatic rings. The Morgan fingerprint density at radius 3 is 2.52 bits per heavy atom. The van der Waals surface area contributed by atoms with Gasteiger partial charge in [0.15, 0.2) is 0 Å². The summed E-state index contributed by atoms with van der Waals surface area (Å²) in [4.78, 5) is 1.40. The Labute approximate surface area is 131 Å². The standard InChI is InChI=1S/C18H24N2S/c1-14-7-6-8-15(2)20(14)19-12-18-11-17(13-21-18)16-9-4-3-5-10-16/h3-5,9-11,13-15,19H,6-8,12H2,1-2H3. The summed E-state index contributed by atoms with van der Waals surface area (Å²) in [7, 11) is 0. The topological polar surface area (TPSA) is 15.3 Å². The van der Waals surface area contributed by atoms with Crippen molar-refractivity contribution in [3.8, 4) is 11.1 Å². The molecule has 112 valence electrons. The van der Waals surface area contributed by atoms with Gasteiger partial charge in [-0.2, -0.15) is 0 Å². The van der Waals surface area contributed by atoms with Crippen LogP contribution in [0.25, 0.3) is 11.1 Å². The maximum atomic E-state index is 3.65. The maximum absolute atomic E-state index is 3.65. The Morgan fingerprint density at radius 1 is 1.10 bits per heavy atom. The molecule has 2 heterocycles. The van der Waals surface area contributed by atoms with Crippen molar-refractivity contribution in [1.29, 1.82) is 0 Å². The lowest BCUT2D eigenvalue weighted by Crippen LogP contribution is -2.51. The fourth-order valence-electron chi connectivity index (χ4n) is 3.16. The van der Waals surface area contributed by atoms with Crippen LogP contribution in [0.4, 0.5) is 0 Å². The van der Waals surface area contributed by atoms with Crippen molar-refractivity contribution < 1.29 is 0 Å². The first kappa shape index (κ1) is 14.8. The van der Waals surface area contributed by atoms with Crippen LogP contribution in [0.3, 0.4) is 0 Å². The van der Waals surface area contributed by atoms with Crippen LogP contribution in [-0.2, 0) is 6.54 Å². The molecular weight excluding hydrogens is 276 g/mol. The van der Waals surface area contributed by atoms with Crippen LogP contribution in [0, 0.1) is 0 Å². The molecule has 0 bridgehead atoms. The number of nitrogens with one attached hydrogen (secondary N) is 1. The van der Waals surface area contributed by atoms with E-state index in [0.29, 0.717) is 12.1 Å². The van der Waals surface area contributed by atoms with E-state index >= 15 is 0 Å². The second-order valence-electron chi connectivity index (χ2n) is 6.04. The van der Waals surface area contributed by atoms with E-state index in [4.69, 9.17) is 0 Å². The largest absolute Gasteiger partial charge is 0.249 e. The average molecular weight is 300 g/mol. The van der Waals surface area contributed by atoms with E-state index in [1.54, 1.807) is 0 Å². The number of benzene rings is 1. The van der Waals surface area contributed by atoms with Gasteiger partial charge in [-0.05, 0) is 49.3 Å². The van der Waals surface area contributed by atoms with Crippen molar-refractivity contribution in [3.05, 3.63) is 46.7 Å². The molecule has 0 amide bonds. The smallest absolute Gasteiger partial charge is 0.0447 e. The Balaban J connectivity index is 1.62. The molecule has 2 atom stereocenters. The Bertz CT molecular complexity index is 554. The van der Waals surface area contributed by atoms with E-state index < -0.39 is 0 Å². The van der Waals surface area contributed by atoms with Gasteiger partial charge in [-0.3, -0.25) is 0 Å².